The van der Waals surface area contributed by atoms with Crippen LogP contribution in [0.2, 0.25) is 10.0 Å². The number of hydrogen-bond acceptors (Lipinski definition) is 2. The van der Waals surface area contributed by atoms with Gasteiger partial charge < -0.3 is 10.6 Å². The molecule has 0 fully saturated rings. The van der Waals surface area contributed by atoms with E-state index in [-0.39, 0.29) is 12.5 Å². The Balaban J connectivity index is 2.57. The van der Waals surface area contributed by atoms with Gasteiger partial charge in [-0.25, -0.2) is 0 Å². The van der Waals surface area contributed by atoms with E-state index in [4.69, 9.17) is 23.2 Å². The van der Waals surface area contributed by atoms with Gasteiger partial charge in [0.25, 0.3) is 0 Å². The zero-order chi connectivity index (χ0) is 12.8. The van der Waals surface area contributed by atoms with Crippen molar-refractivity contribution in [3.63, 3.8) is 0 Å². The van der Waals surface area contributed by atoms with E-state index in [2.05, 4.69) is 10.6 Å². The predicted molar refractivity (Wildman–Crippen MR) is 73.0 cm³/mol. The van der Waals surface area contributed by atoms with Crippen molar-refractivity contribution in [2.45, 2.75) is 20.3 Å². The summed E-state index contributed by atoms with van der Waals surface area (Å²) in [5.74, 6) is -0.0559. The van der Waals surface area contributed by atoms with Gasteiger partial charge in [-0.1, -0.05) is 30.1 Å². The molecule has 1 aromatic carbocycles. The van der Waals surface area contributed by atoms with E-state index >= 15 is 0 Å². The molecular formula is C12H16Cl2N2O. The van der Waals surface area contributed by atoms with Crippen LogP contribution in [0, 0.1) is 6.92 Å². The predicted octanol–water partition coefficient (Wildman–Crippen LogP) is 3.24. The summed E-state index contributed by atoms with van der Waals surface area (Å²) < 4.78 is 0. The molecule has 0 aliphatic heterocycles. The minimum Gasteiger partial charge on any atom is -0.375 e. The van der Waals surface area contributed by atoms with Crippen LogP contribution in [-0.2, 0) is 4.79 Å². The summed E-state index contributed by atoms with van der Waals surface area (Å²) in [5, 5.41) is 6.93. The van der Waals surface area contributed by atoms with Gasteiger partial charge in [-0.3, -0.25) is 4.79 Å². The lowest BCUT2D eigenvalue weighted by Crippen LogP contribution is -2.30. The molecule has 94 valence electrons. The van der Waals surface area contributed by atoms with Crippen LogP contribution >= 0.6 is 23.2 Å². The Morgan fingerprint density at radius 2 is 2.00 bits per heavy atom. The number of halogens is 2. The monoisotopic (exact) mass is 274 g/mol. The molecule has 0 atom stereocenters. The highest BCUT2D eigenvalue weighted by Crippen LogP contribution is 2.28. The summed E-state index contributed by atoms with van der Waals surface area (Å²) in [6.45, 7) is 4.76. The molecule has 1 rings (SSSR count). The molecular weight excluding hydrogens is 259 g/mol. The number of amides is 1. The maximum absolute atomic E-state index is 11.4. The van der Waals surface area contributed by atoms with Gasteiger partial charge in [0.1, 0.15) is 0 Å². The van der Waals surface area contributed by atoms with Crippen molar-refractivity contribution >= 4 is 34.8 Å². The van der Waals surface area contributed by atoms with E-state index in [0.717, 1.165) is 12.0 Å². The molecule has 0 bridgehead atoms. The summed E-state index contributed by atoms with van der Waals surface area (Å²) in [7, 11) is 0. The van der Waals surface area contributed by atoms with Gasteiger partial charge in [0.15, 0.2) is 0 Å². The maximum Gasteiger partial charge on any atom is 0.239 e. The van der Waals surface area contributed by atoms with E-state index in [1.165, 1.54) is 0 Å². The van der Waals surface area contributed by atoms with Crippen molar-refractivity contribution in [1.29, 1.82) is 0 Å². The lowest BCUT2D eigenvalue weighted by atomic mass is 10.2. The fraction of sp³-hybridized carbons (Fsp3) is 0.417. The van der Waals surface area contributed by atoms with Crippen molar-refractivity contribution in [3.05, 3.63) is 27.7 Å². The molecule has 2 N–H and O–H groups in total. The average molecular weight is 275 g/mol. The van der Waals surface area contributed by atoms with Gasteiger partial charge in [-0.2, -0.15) is 0 Å². The number of benzene rings is 1. The lowest BCUT2D eigenvalue weighted by molar-refractivity contribution is -0.119. The van der Waals surface area contributed by atoms with E-state index in [9.17, 15) is 4.79 Å². The summed E-state index contributed by atoms with van der Waals surface area (Å²) >= 11 is 12.0. The van der Waals surface area contributed by atoms with Gasteiger partial charge in [-0.05, 0) is 31.0 Å². The van der Waals surface area contributed by atoms with Crippen LogP contribution < -0.4 is 10.6 Å². The second-order valence-corrected chi connectivity index (χ2v) is 4.60. The zero-order valence-corrected chi connectivity index (χ0v) is 11.5. The van der Waals surface area contributed by atoms with Crippen LogP contribution in [0.25, 0.3) is 0 Å². The van der Waals surface area contributed by atoms with Crippen molar-refractivity contribution in [3.8, 4) is 0 Å². The van der Waals surface area contributed by atoms with E-state index < -0.39 is 0 Å². The number of nitrogens with one attached hydrogen (secondary N) is 2. The van der Waals surface area contributed by atoms with Crippen LogP contribution in [0.15, 0.2) is 12.1 Å². The molecule has 0 saturated heterocycles. The van der Waals surface area contributed by atoms with Gasteiger partial charge in [0, 0.05) is 11.6 Å². The fourth-order valence-electron chi connectivity index (χ4n) is 1.28. The Labute approximate surface area is 111 Å². The van der Waals surface area contributed by atoms with E-state index in [1.54, 1.807) is 12.1 Å². The van der Waals surface area contributed by atoms with Gasteiger partial charge in [-0.15, -0.1) is 0 Å². The molecule has 0 heterocycles. The smallest absolute Gasteiger partial charge is 0.239 e. The summed E-state index contributed by atoms with van der Waals surface area (Å²) in [6.07, 6.45) is 0.920. The highest BCUT2D eigenvalue weighted by atomic mass is 35.5. The first-order valence-electron chi connectivity index (χ1n) is 5.50. The van der Waals surface area contributed by atoms with Crippen LogP contribution in [0.3, 0.4) is 0 Å². The van der Waals surface area contributed by atoms with Crippen LogP contribution in [-0.4, -0.2) is 19.0 Å². The summed E-state index contributed by atoms with van der Waals surface area (Å²) in [4.78, 5) is 11.4. The van der Waals surface area contributed by atoms with Crippen LogP contribution in [0.5, 0.6) is 0 Å². The van der Waals surface area contributed by atoms with Crippen molar-refractivity contribution in [1.82, 2.24) is 5.32 Å². The van der Waals surface area contributed by atoms with Gasteiger partial charge in [0.2, 0.25) is 5.91 Å². The number of carbonyl (C=O) groups is 1. The third-order valence-electron chi connectivity index (χ3n) is 2.26. The Hall–Kier alpha value is -0.930. The standard InChI is InChI=1S/C12H16Cl2N2O/c1-3-4-15-12(17)7-16-11-6-9(13)8(2)5-10(11)14/h5-6,16H,3-4,7H2,1-2H3,(H,15,17). The van der Waals surface area contributed by atoms with E-state index in [1.807, 2.05) is 13.8 Å². The molecule has 0 aliphatic rings. The molecule has 3 nitrogen and oxygen atoms in total. The molecule has 0 aliphatic carbocycles. The average Bonchev–Trinajstić information content (AvgIpc) is 2.29. The quantitative estimate of drug-likeness (QED) is 0.866. The Kier molecular flexibility index (Phi) is 5.59. The topological polar surface area (TPSA) is 41.1 Å². The highest BCUT2D eigenvalue weighted by Gasteiger charge is 2.06. The molecule has 1 amide bonds. The third-order valence-corrected chi connectivity index (χ3v) is 2.98. The fourth-order valence-corrected chi connectivity index (χ4v) is 1.73. The van der Waals surface area contributed by atoms with Crippen molar-refractivity contribution in [2.75, 3.05) is 18.4 Å². The molecule has 0 spiro atoms. The second kappa shape index (κ2) is 6.72. The van der Waals surface area contributed by atoms with Gasteiger partial charge in [0.05, 0.1) is 17.3 Å². The second-order valence-electron chi connectivity index (χ2n) is 3.78. The number of anilines is 1. The first-order valence-corrected chi connectivity index (χ1v) is 6.26. The Morgan fingerprint density at radius 3 is 2.65 bits per heavy atom. The first-order chi connectivity index (χ1) is 8.04. The molecule has 0 aromatic heterocycles. The molecule has 0 unspecified atom stereocenters. The molecule has 5 heteroatoms. The molecule has 1 aromatic rings. The Morgan fingerprint density at radius 1 is 1.29 bits per heavy atom. The van der Waals surface area contributed by atoms with Crippen LogP contribution in [0.4, 0.5) is 5.69 Å². The number of rotatable bonds is 5. The minimum atomic E-state index is -0.0559. The van der Waals surface area contributed by atoms with Crippen molar-refractivity contribution in [2.24, 2.45) is 0 Å². The first kappa shape index (κ1) is 14.1. The van der Waals surface area contributed by atoms with Crippen LogP contribution in [0.1, 0.15) is 18.9 Å². The van der Waals surface area contributed by atoms with Gasteiger partial charge >= 0.3 is 0 Å². The van der Waals surface area contributed by atoms with Crippen molar-refractivity contribution < 1.29 is 4.79 Å². The zero-order valence-electron chi connectivity index (χ0n) is 9.94. The summed E-state index contributed by atoms with van der Waals surface area (Å²) in [5.41, 5.74) is 1.59. The summed E-state index contributed by atoms with van der Waals surface area (Å²) in [6, 6.07) is 3.50. The lowest BCUT2D eigenvalue weighted by Gasteiger charge is -2.10. The van der Waals surface area contributed by atoms with E-state index in [0.29, 0.717) is 22.3 Å². The highest BCUT2D eigenvalue weighted by molar-refractivity contribution is 6.35. The largest absolute Gasteiger partial charge is 0.375 e. The molecule has 17 heavy (non-hydrogen) atoms. The number of aryl methyl sites for hydroxylation is 1. The third kappa shape index (κ3) is 4.44. The maximum atomic E-state index is 11.4. The number of hydrogen-bond donors (Lipinski definition) is 2. The minimum absolute atomic E-state index is 0.0559. The molecule has 0 saturated carbocycles. The molecule has 0 radical (unpaired) electrons. The Bertz CT molecular complexity index is 408. The normalized spacial score (nSPS) is 10.1. The SMILES string of the molecule is CCCNC(=O)CNc1cc(Cl)c(C)cc1Cl. The number of carbonyl (C=O) groups excluding carboxylic acids is 1.